The largest absolute Gasteiger partial charge is 0.274 e. The van der Waals surface area contributed by atoms with Gasteiger partial charge in [0.15, 0.2) is 0 Å². The maximum Gasteiger partial charge on any atom is 0.238 e. The Balaban J connectivity index is 1.23. The van der Waals surface area contributed by atoms with Crippen LogP contribution in [0.2, 0.25) is 0 Å². The van der Waals surface area contributed by atoms with Gasteiger partial charge in [-0.15, -0.1) is 0 Å². The number of carbonyl (C=O) groups excluding carboxylic acids is 4. The fraction of sp³-hybridized carbons (Fsp3) is 0.462. The van der Waals surface area contributed by atoms with Crippen LogP contribution in [0.5, 0.6) is 0 Å². The predicted molar refractivity (Wildman–Crippen MR) is 116 cm³/mol. The van der Waals surface area contributed by atoms with E-state index in [1.807, 2.05) is 13.8 Å². The summed E-state index contributed by atoms with van der Waals surface area (Å²) in [5.74, 6) is -1.12. The standard InChI is InChI=1S/C26H24N2O4/c1-11-6-13-8-17(11)21-19(13)23(29)27(25(21)31)15-4-3-5-16(10-15)28-24(30)20-14-7-12(2)18(9-14)22(20)26(28)32/h3-7,10,13-14,17-22H,8-9H2,1-2H3/t13-,14-,17-,18+,19+,20+,21+,22-/m0/s1. The molecule has 0 unspecified atom stereocenters. The molecule has 1 aromatic carbocycles. The molecular weight excluding hydrogens is 404 g/mol. The van der Waals surface area contributed by atoms with Crippen molar-refractivity contribution in [2.75, 3.05) is 9.80 Å². The predicted octanol–water partition coefficient (Wildman–Crippen LogP) is 3.09. The minimum atomic E-state index is -0.279. The van der Waals surface area contributed by atoms with Gasteiger partial charge in [-0.1, -0.05) is 29.4 Å². The summed E-state index contributed by atoms with van der Waals surface area (Å²) in [5.41, 5.74) is 3.34. The number of nitrogens with zero attached hydrogens (tertiary/aromatic N) is 2. The Morgan fingerprint density at radius 2 is 1.06 bits per heavy atom. The Morgan fingerprint density at radius 1 is 0.656 bits per heavy atom. The van der Waals surface area contributed by atoms with E-state index in [4.69, 9.17) is 0 Å². The lowest BCUT2D eigenvalue weighted by Gasteiger charge is -2.22. The number of allylic oxidation sites excluding steroid dienone is 4. The third kappa shape index (κ3) is 2.02. The average Bonchev–Trinajstić information content (AvgIpc) is 3.56. The highest BCUT2D eigenvalue weighted by atomic mass is 16.2. The normalized spacial score (nSPS) is 41.1. The van der Waals surface area contributed by atoms with Crippen molar-refractivity contribution in [1.82, 2.24) is 0 Å². The minimum Gasteiger partial charge on any atom is -0.274 e. The maximum atomic E-state index is 13.3. The molecule has 4 aliphatic carbocycles. The van der Waals surface area contributed by atoms with Crippen LogP contribution in [0.1, 0.15) is 26.7 Å². The molecule has 2 saturated heterocycles. The Morgan fingerprint density at radius 3 is 1.50 bits per heavy atom. The first-order valence-electron chi connectivity index (χ1n) is 11.6. The van der Waals surface area contributed by atoms with Crippen LogP contribution in [0, 0.1) is 47.3 Å². The van der Waals surface area contributed by atoms with E-state index in [2.05, 4.69) is 12.2 Å². The lowest BCUT2D eigenvalue weighted by atomic mass is 9.82. The monoisotopic (exact) mass is 428 g/mol. The molecule has 0 radical (unpaired) electrons. The van der Waals surface area contributed by atoms with Gasteiger partial charge in [0.2, 0.25) is 23.6 Å². The number of benzene rings is 1. The van der Waals surface area contributed by atoms with Gasteiger partial charge in [-0.25, -0.2) is 9.80 Å². The summed E-state index contributed by atoms with van der Waals surface area (Å²) in [4.78, 5) is 55.7. The van der Waals surface area contributed by atoms with E-state index in [9.17, 15) is 19.2 Å². The van der Waals surface area contributed by atoms with Crippen LogP contribution in [0.25, 0.3) is 0 Å². The number of rotatable bonds is 2. The fourth-order valence-corrected chi connectivity index (χ4v) is 7.83. The molecule has 162 valence electrons. The fourth-order valence-electron chi connectivity index (χ4n) is 7.83. The van der Waals surface area contributed by atoms with Crippen LogP contribution < -0.4 is 9.80 Å². The molecule has 7 rings (SSSR count). The summed E-state index contributed by atoms with van der Waals surface area (Å²) in [7, 11) is 0. The number of amides is 4. The summed E-state index contributed by atoms with van der Waals surface area (Å²) in [6.07, 6.45) is 6.09. The van der Waals surface area contributed by atoms with E-state index < -0.39 is 0 Å². The molecule has 2 heterocycles. The lowest BCUT2D eigenvalue weighted by molar-refractivity contribution is -0.124. The molecule has 2 saturated carbocycles. The van der Waals surface area contributed by atoms with Gasteiger partial charge in [-0.3, -0.25) is 19.2 Å². The SMILES string of the molecule is CC1=C[C@H]2C[C@H]1[C@@H]1C(=O)N(c3cccc(N4C(=O)[C@H]5[C@H](C4=O)[C@H]4C[C@@H]5C=C4C)c3)C(=O)[C@@H]12. The second-order valence-electron chi connectivity index (χ2n) is 10.5. The van der Waals surface area contributed by atoms with Crippen LogP contribution in [-0.2, 0) is 19.2 Å². The van der Waals surface area contributed by atoms with Gasteiger partial charge in [-0.05, 0) is 68.6 Å². The molecule has 6 aliphatic rings. The van der Waals surface area contributed by atoms with E-state index >= 15 is 0 Å². The second kappa shape index (κ2) is 5.85. The van der Waals surface area contributed by atoms with Gasteiger partial charge in [-0.2, -0.15) is 0 Å². The highest BCUT2D eigenvalue weighted by Crippen LogP contribution is 2.57. The molecule has 1 aromatic rings. The van der Waals surface area contributed by atoms with Gasteiger partial charge >= 0.3 is 0 Å². The Labute approximate surface area is 185 Å². The number of hydrogen-bond donors (Lipinski definition) is 0. The summed E-state index contributed by atoms with van der Waals surface area (Å²) < 4.78 is 0. The van der Waals surface area contributed by atoms with Crippen molar-refractivity contribution in [1.29, 1.82) is 0 Å². The lowest BCUT2D eigenvalue weighted by Crippen LogP contribution is -2.35. The average molecular weight is 428 g/mol. The topological polar surface area (TPSA) is 74.8 Å². The summed E-state index contributed by atoms with van der Waals surface area (Å²) in [6, 6.07) is 6.84. The van der Waals surface area contributed by atoms with Crippen molar-refractivity contribution >= 4 is 35.0 Å². The molecule has 6 heteroatoms. The van der Waals surface area contributed by atoms with Crippen molar-refractivity contribution in [2.45, 2.75) is 26.7 Å². The summed E-state index contributed by atoms with van der Waals surface area (Å²) in [5, 5.41) is 0. The molecular formula is C26H24N2O4. The number of imide groups is 2. The molecule has 4 amide bonds. The minimum absolute atomic E-state index is 0.141. The van der Waals surface area contributed by atoms with Crippen molar-refractivity contribution in [2.24, 2.45) is 47.3 Å². The molecule has 0 spiro atoms. The number of fused-ring (bicyclic) bond motifs is 10. The van der Waals surface area contributed by atoms with Crippen molar-refractivity contribution in [3.63, 3.8) is 0 Å². The van der Waals surface area contributed by atoms with E-state index in [-0.39, 0.29) is 71.0 Å². The highest BCUT2D eigenvalue weighted by Gasteiger charge is 2.62. The third-order valence-electron chi connectivity index (χ3n) is 9.11. The van der Waals surface area contributed by atoms with E-state index in [1.54, 1.807) is 24.3 Å². The molecule has 0 aromatic heterocycles. The molecule has 8 atom stereocenters. The van der Waals surface area contributed by atoms with Gasteiger partial charge in [0.05, 0.1) is 35.0 Å². The molecule has 4 fully saturated rings. The van der Waals surface area contributed by atoms with Crippen LogP contribution >= 0.6 is 0 Å². The molecule has 0 N–H and O–H groups in total. The quantitative estimate of drug-likeness (QED) is 0.536. The highest BCUT2D eigenvalue weighted by molar-refractivity contribution is 6.25. The van der Waals surface area contributed by atoms with Gasteiger partial charge in [0.1, 0.15) is 0 Å². The Hall–Kier alpha value is -3.02. The van der Waals surface area contributed by atoms with Crippen LogP contribution in [-0.4, -0.2) is 23.6 Å². The van der Waals surface area contributed by atoms with Crippen molar-refractivity contribution in [3.05, 3.63) is 47.6 Å². The molecule has 6 nitrogen and oxygen atoms in total. The van der Waals surface area contributed by atoms with Gasteiger partial charge in [0, 0.05) is 0 Å². The van der Waals surface area contributed by atoms with Crippen LogP contribution in [0.15, 0.2) is 47.6 Å². The molecule has 2 aliphatic heterocycles. The van der Waals surface area contributed by atoms with Crippen LogP contribution in [0.3, 0.4) is 0 Å². The van der Waals surface area contributed by atoms with Gasteiger partial charge < -0.3 is 0 Å². The zero-order valence-electron chi connectivity index (χ0n) is 18.0. The van der Waals surface area contributed by atoms with Crippen molar-refractivity contribution in [3.8, 4) is 0 Å². The first-order chi connectivity index (χ1) is 15.4. The van der Waals surface area contributed by atoms with E-state index in [0.717, 1.165) is 12.8 Å². The second-order valence-corrected chi connectivity index (χ2v) is 10.5. The Bertz CT molecular complexity index is 1120. The first kappa shape index (κ1) is 18.5. The summed E-state index contributed by atoms with van der Waals surface area (Å²) in [6.45, 7) is 4.10. The van der Waals surface area contributed by atoms with E-state index in [0.29, 0.717) is 11.4 Å². The van der Waals surface area contributed by atoms with E-state index in [1.165, 1.54) is 20.9 Å². The first-order valence-corrected chi connectivity index (χ1v) is 11.6. The number of anilines is 2. The van der Waals surface area contributed by atoms with Crippen molar-refractivity contribution < 1.29 is 19.2 Å². The summed E-state index contributed by atoms with van der Waals surface area (Å²) >= 11 is 0. The number of carbonyl (C=O) groups is 4. The van der Waals surface area contributed by atoms with Crippen LogP contribution in [0.4, 0.5) is 11.4 Å². The smallest absolute Gasteiger partial charge is 0.238 e. The zero-order valence-corrected chi connectivity index (χ0v) is 18.0. The third-order valence-corrected chi connectivity index (χ3v) is 9.11. The Kier molecular flexibility index (Phi) is 3.39. The molecule has 32 heavy (non-hydrogen) atoms. The molecule has 4 bridgehead atoms. The zero-order chi connectivity index (χ0) is 22.0. The number of hydrogen-bond acceptors (Lipinski definition) is 4. The maximum absolute atomic E-state index is 13.3. The van der Waals surface area contributed by atoms with Gasteiger partial charge in [0.25, 0.3) is 0 Å².